The predicted octanol–water partition coefficient (Wildman–Crippen LogP) is 2.11. The van der Waals surface area contributed by atoms with Crippen molar-refractivity contribution in [3.63, 3.8) is 0 Å². The fourth-order valence-corrected chi connectivity index (χ4v) is 2.39. The molecule has 0 amide bonds. The highest BCUT2D eigenvalue weighted by molar-refractivity contribution is 5.83. The molecule has 7 heteroatoms. The highest BCUT2D eigenvalue weighted by Crippen LogP contribution is 2.33. The Bertz CT molecular complexity index is 524. The minimum atomic E-state index is -1.05. The number of nitrogens with one attached hydrogen (secondary N) is 1. The normalized spacial score (nSPS) is 17.1. The van der Waals surface area contributed by atoms with Crippen molar-refractivity contribution >= 4 is 17.5 Å². The molecule has 1 aliphatic carbocycles. The second-order valence-electron chi connectivity index (χ2n) is 4.83. The van der Waals surface area contributed by atoms with E-state index in [1.807, 2.05) is 0 Å². The van der Waals surface area contributed by atoms with Crippen LogP contribution in [0.5, 0.6) is 0 Å². The summed E-state index contributed by atoms with van der Waals surface area (Å²) >= 11 is 0. The zero-order valence-electron chi connectivity index (χ0n) is 10.5. The van der Waals surface area contributed by atoms with Gasteiger partial charge in [0, 0.05) is 11.8 Å². The number of pyridine rings is 1. The molecule has 0 radical (unpaired) electrons. The third-order valence-electron chi connectivity index (χ3n) is 3.51. The van der Waals surface area contributed by atoms with Gasteiger partial charge in [0.1, 0.15) is 11.4 Å². The molecule has 2 N–H and O–H groups in total. The SMILES string of the molecule is Cc1cnc(NC2(C(=O)O)CCCC2)cc1[N+](=O)[O-]. The van der Waals surface area contributed by atoms with Crippen LogP contribution in [0.1, 0.15) is 31.2 Å². The molecule has 2 rings (SSSR count). The van der Waals surface area contributed by atoms with E-state index in [-0.39, 0.29) is 11.5 Å². The number of carboxylic acids is 1. The van der Waals surface area contributed by atoms with Crippen molar-refractivity contribution in [1.82, 2.24) is 4.98 Å². The summed E-state index contributed by atoms with van der Waals surface area (Å²) in [5, 5.41) is 23.1. The molecule has 1 aliphatic rings. The van der Waals surface area contributed by atoms with Crippen LogP contribution in [0.15, 0.2) is 12.3 Å². The van der Waals surface area contributed by atoms with E-state index in [1.54, 1.807) is 6.92 Å². The second-order valence-corrected chi connectivity index (χ2v) is 4.83. The molecule has 1 aromatic heterocycles. The summed E-state index contributed by atoms with van der Waals surface area (Å²) in [5.74, 6) is -0.698. The Morgan fingerprint density at radius 3 is 2.68 bits per heavy atom. The maximum absolute atomic E-state index is 11.4. The first-order chi connectivity index (χ1) is 8.94. The van der Waals surface area contributed by atoms with Crippen LogP contribution in [-0.4, -0.2) is 26.5 Å². The molecule has 7 nitrogen and oxygen atoms in total. The molecule has 1 fully saturated rings. The minimum absolute atomic E-state index is 0.0592. The van der Waals surface area contributed by atoms with E-state index in [1.165, 1.54) is 12.3 Å². The molecule has 0 saturated heterocycles. The fraction of sp³-hybridized carbons (Fsp3) is 0.500. The summed E-state index contributed by atoms with van der Waals surface area (Å²) in [6.07, 6.45) is 4.04. The molecule has 1 saturated carbocycles. The summed E-state index contributed by atoms with van der Waals surface area (Å²) < 4.78 is 0. The van der Waals surface area contributed by atoms with Crippen molar-refractivity contribution in [2.45, 2.75) is 38.1 Å². The van der Waals surface area contributed by atoms with Gasteiger partial charge < -0.3 is 10.4 Å². The first kappa shape index (κ1) is 13.3. The van der Waals surface area contributed by atoms with Crippen LogP contribution in [0.3, 0.4) is 0 Å². The summed E-state index contributed by atoms with van der Waals surface area (Å²) in [7, 11) is 0. The molecule has 0 bridgehead atoms. The lowest BCUT2D eigenvalue weighted by molar-refractivity contribution is -0.385. The van der Waals surface area contributed by atoms with Gasteiger partial charge >= 0.3 is 5.97 Å². The monoisotopic (exact) mass is 265 g/mol. The van der Waals surface area contributed by atoms with Crippen molar-refractivity contribution < 1.29 is 14.8 Å². The van der Waals surface area contributed by atoms with Gasteiger partial charge in [-0.05, 0) is 19.8 Å². The predicted molar refractivity (Wildman–Crippen MR) is 68.1 cm³/mol. The first-order valence-corrected chi connectivity index (χ1v) is 6.07. The molecule has 19 heavy (non-hydrogen) atoms. The van der Waals surface area contributed by atoms with Gasteiger partial charge in [-0.25, -0.2) is 9.78 Å². The number of carboxylic acid groups (broad SMARTS) is 1. The lowest BCUT2D eigenvalue weighted by Crippen LogP contribution is -2.43. The Morgan fingerprint density at radius 2 is 2.16 bits per heavy atom. The summed E-state index contributed by atoms with van der Waals surface area (Å²) in [5.41, 5.74) is -0.654. The van der Waals surface area contributed by atoms with Crippen molar-refractivity contribution in [2.24, 2.45) is 0 Å². The highest BCUT2D eigenvalue weighted by atomic mass is 16.6. The molecular weight excluding hydrogens is 250 g/mol. The van der Waals surface area contributed by atoms with Crippen molar-refractivity contribution in [1.29, 1.82) is 0 Å². The van der Waals surface area contributed by atoms with Crippen LogP contribution in [0, 0.1) is 17.0 Å². The minimum Gasteiger partial charge on any atom is -0.480 e. The Morgan fingerprint density at radius 1 is 1.53 bits per heavy atom. The maximum Gasteiger partial charge on any atom is 0.329 e. The Hall–Kier alpha value is -2.18. The number of aryl methyl sites for hydroxylation is 1. The van der Waals surface area contributed by atoms with E-state index in [2.05, 4.69) is 10.3 Å². The second kappa shape index (κ2) is 4.83. The molecular formula is C12H15N3O4. The molecule has 0 unspecified atom stereocenters. The largest absolute Gasteiger partial charge is 0.480 e. The summed E-state index contributed by atoms with van der Waals surface area (Å²) in [6, 6.07) is 1.29. The van der Waals surface area contributed by atoms with Crippen LogP contribution in [0.25, 0.3) is 0 Å². The van der Waals surface area contributed by atoms with Crippen molar-refractivity contribution in [2.75, 3.05) is 5.32 Å². The van der Waals surface area contributed by atoms with E-state index in [9.17, 15) is 20.0 Å². The number of aliphatic carboxylic acids is 1. The van der Waals surface area contributed by atoms with Gasteiger partial charge in [0.15, 0.2) is 0 Å². The van der Waals surface area contributed by atoms with Crippen molar-refractivity contribution in [3.8, 4) is 0 Å². The van der Waals surface area contributed by atoms with E-state index >= 15 is 0 Å². The molecule has 0 aromatic carbocycles. The van der Waals surface area contributed by atoms with Crippen LogP contribution in [0.2, 0.25) is 0 Å². The number of anilines is 1. The third kappa shape index (κ3) is 2.49. The molecule has 1 aromatic rings. The fourth-order valence-electron chi connectivity index (χ4n) is 2.39. The van der Waals surface area contributed by atoms with Gasteiger partial charge in [-0.15, -0.1) is 0 Å². The number of carbonyl (C=O) groups is 1. The first-order valence-electron chi connectivity index (χ1n) is 6.07. The summed E-state index contributed by atoms with van der Waals surface area (Å²) in [4.78, 5) is 25.8. The topological polar surface area (TPSA) is 105 Å². The van der Waals surface area contributed by atoms with Crippen LogP contribution in [0.4, 0.5) is 11.5 Å². The van der Waals surface area contributed by atoms with Gasteiger partial charge in [-0.3, -0.25) is 10.1 Å². The molecule has 0 aliphatic heterocycles. The summed E-state index contributed by atoms with van der Waals surface area (Å²) in [6.45, 7) is 1.59. The van der Waals surface area contributed by atoms with Gasteiger partial charge in [0.05, 0.1) is 11.0 Å². The zero-order chi connectivity index (χ0) is 14.0. The van der Waals surface area contributed by atoms with Crippen LogP contribution in [-0.2, 0) is 4.79 Å². The standard InChI is InChI=1S/C12H15N3O4/c1-8-7-13-10(6-9(8)15(18)19)14-12(11(16)17)4-2-3-5-12/h6-7H,2-5H2,1H3,(H,13,14)(H,16,17). The number of aromatic nitrogens is 1. The van der Waals surface area contributed by atoms with Gasteiger partial charge in [-0.2, -0.15) is 0 Å². The Labute approximate surface area is 109 Å². The number of rotatable bonds is 4. The molecule has 0 atom stereocenters. The highest BCUT2D eigenvalue weighted by Gasteiger charge is 2.41. The van der Waals surface area contributed by atoms with Crippen LogP contribution < -0.4 is 5.32 Å². The average Bonchev–Trinajstić information content (AvgIpc) is 2.81. The van der Waals surface area contributed by atoms with Gasteiger partial charge in [0.2, 0.25) is 0 Å². The Balaban J connectivity index is 2.30. The van der Waals surface area contributed by atoms with Crippen LogP contribution >= 0.6 is 0 Å². The quantitative estimate of drug-likeness (QED) is 0.638. The van der Waals surface area contributed by atoms with Gasteiger partial charge in [0.25, 0.3) is 5.69 Å². The van der Waals surface area contributed by atoms with Crippen molar-refractivity contribution in [3.05, 3.63) is 27.9 Å². The van der Waals surface area contributed by atoms with Gasteiger partial charge in [-0.1, -0.05) is 12.8 Å². The molecule has 102 valence electrons. The van der Waals surface area contributed by atoms with E-state index in [4.69, 9.17) is 0 Å². The zero-order valence-corrected chi connectivity index (χ0v) is 10.5. The third-order valence-corrected chi connectivity index (χ3v) is 3.51. The maximum atomic E-state index is 11.4. The number of nitro groups is 1. The number of nitrogens with zero attached hydrogens (tertiary/aromatic N) is 2. The Kier molecular flexibility index (Phi) is 3.37. The smallest absolute Gasteiger partial charge is 0.329 e. The lowest BCUT2D eigenvalue weighted by atomic mass is 9.98. The average molecular weight is 265 g/mol. The number of hydrogen-bond acceptors (Lipinski definition) is 5. The molecule has 0 spiro atoms. The van der Waals surface area contributed by atoms with E-state index < -0.39 is 16.4 Å². The van der Waals surface area contributed by atoms with E-state index in [0.29, 0.717) is 18.4 Å². The number of hydrogen-bond donors (Lipinski definition) is 2. The molecule has 1 heterocycles. The lowest BCUT2D eigenvalue weighted by Gasteiger charge is -2.25. The van der Waals surface area contributed by atoms with E-state index in [0.717, 1.165) is 12.8 Å².